The van der Waals surface area contributed by atoms with Crippen LogP contribution in [0.5, 0.6) is 0 Å². The first kappa shape index (κ1) is 45.0. The number of piperidine rings is 2. The average molecular weight is 884 g/mol. The number of aliphatic hydroxyl groups is 2. The molecule has 0 spiro atoms. The lowest BCUT2D eigenvalue weighted by Gasteiger charge is -2.37. The second-order valence-electron chi connectivity index (χ2n) is 18.3. The summed E-state index contributed by atoms with van der Waals surface area (Å²) >= 11 is 6.15. The number of halogens is 1. The van der Waals surface area contributed by atoms with E-state index in [2.05, 4.69) is 41.0 Å². The number of likely N-dealkylation sites (tertiary alicyclic amines) is 2. The van der Waals surface area contributed by atoms with E-state index >= 15 is 0 Å². The van der Waals surface area contributed by atoms with Crippen LogP contribution in [0.4, 0.5) is 29.0 Å². The van der Waals surface area contributed by atoms with Crippen molar-refractivity contribution in [2.75, 3.05) is 99.6 Å². The molecule has 338 valence electrons. The number of nitrogens with zero attached hydrogens (tertiary/aromatic N) is 10. The number of hydrogen-bond acceptors (Lipinski definition) is 16. The van der Waals surface area contributed by atoms with Crippen molar-refractivity contribution in [1.29, 1.82) is 0 Å². The standard InChI is InChI=1S/C26H35N7O2.C20H28ClN5O2/c1-26(2,34)18-9-11-32(12-10-18)17-19-7-8-22-23(28-19)24(33-13-15-35-16-14-33)31-25(30-22)29-21-6-4-3-5-20(21)27;1-20(2,27)14-5-7-25(8-6-14)13-15-3-4-16-17(22-15)18(24-19(21)23-16)26-9-11-28-12-10-26/h3-8,18,34H,9-17,27H2,1-2H3,(H,29,30,31);3-4,14,27H,5-13H2,1-2H3. The number of rotatable bonds is 10. The number of nitrogens with one attached hydrogen (secondary N) is 1. The van der Waals surface area contributed by atoms with Crippen LogP contribution in [-0.2, 0) is 22.6 Å². The van der Waals surface area contributed by atoms with Crippen LogP contribution in [0.25, 0.3) is 22.1 Å². The van der Waals surface area contributed by atoms with E-state index in [9.17, 15) is 10.2 Å². The van der Waals surface area contributed by atoms with Gasteiger partial charge in [0.25, 0.3) is 0 Å². The molecular formula is C46H63ClN12O4. The Bertz CT molecular complexity index is 2310. The smallest absolute Gasteiger partial charge is 0.229 e. The molecule has 9 rings (SSSR count). The second kappa shape index (κ2) is 19.7. The predicted molar refractivity (Wildman–Crippen MR) is 248 cm³/mol. The topological polar surface area (TPSA) is 187 Å². The van der Waals surface area contributed by atoms with Crippen LogP contribution in [0.1, 0.15) is 64.8 Å². The van der Waals surface area contributed by atoms with Crippen molar-refractivity contribution in [3.8, 4) is 0 Å². The van der Waals surface area contributed by atoms with E-state index in [0.717, 1.165) is 142 Å². The van der Waals surface area contributed by atoms with Crippen LogP contribution in [0, 0.1) is 11.8 Å². The minimum atomic E-state index is -0.617. The summed E-state index contributed by atoms with van der Waals surface area (Å²) in [5.41, 5.74) is 11.5. The summed E-state index contributed by atoms with van der Waals surface area (Å²) < 4.78 is 11.0. The van der Waals surface area contributed by atoms with Gasteiger partial charge in [0, 0.05) is 39.3 Å². The molecule has 1 aromatic carbocycles. The molecule has 4 aromatic heterocycles. The summed E-state index contributed by atoms with van der Waals surface area (Å²) in [6.45, 7) is 18.9. The van der Waals surface area contributed by atoms with Gasteiger partial charge < -0.3 is 40.5 Å². The van der Waals surface area contributed by atoms with E-state index in [4.69, 9.17) is 46.7 Å². The normalized spacial score (nSPS) is 19.0. The number of nitrogen functional groups attached to an aromatic ring is 1. The van der Waals surface area contributed by atoms with E-state index in [0.29, 0.717) is 49.9 Å². The molecule has 63 heavy (non-hydrogen) atoms. The van der Waals surface area contributed by atoms with Crippen molar-refractivity contribution < 1.29 is 19.7 Å². The highest BCUT2D eigenvalue weighted by atomic mass is 35.5. The van der Waals surface area contributed by atoms with E-state index in [1.165, 1.54) is 0 Å². The van der Waals surface area contributed by atoms with Gasteiger partial charge in [-0.25, -0.2) is 19.9 Å². The molecule has 5 aromatic rings. The van der Waals surface area contributed by atoms with Crippen molar-refractivity contribution in [2.45, 2.75) is 77.7 Å². The summed E-state index contributed by atoms with van der Waals surface area (Å²) in [6.07, 6.45) is 4.01. The number of nitrogens with two attached hydrogens (primary N) is 1. The molecule has 0 amide bonds. The van der Waals surface area contributed by atoms with E-state index in [1.807, 2.05) is 70.2 Å². The van der Waals surface area contributed by atoms with Crippen molar-refractivity contribution in [1.82, 2.24) is 39.7 Å². The number of fused-ring (bicyclic) bond motifs is 2. The first-order valence-corrected chi connectivity index (χ1v) is 22.8. The molecule has 5 N–H and O–H groups in total. The Morgan fingerprint density at radius 1 is 0.619 bits per heavy atom. The summed E-state index contributed by atoms with van der Waals surface area (Å²) in [5.74, 6) is 2.81. The van der Waals surface area contributed by atoms with E-state index < -0.39 is 11.2 Å². The summed E-state index contributed by atoms with van der Waals surface area (Å²) in [7, 11) is 0. The molecule has 0 saturated carbocycles. The Balaban J connectivity index is 0.000000177. The number of benzene rings is 1. The fraction of sp³-hybridized carbons (Fsp3) is 0.565. The number of para-hydroxylation sites is 2. The van der Waals surface area contributed by atoms with Gasteiger partial charge in [-0.05, 0) is 139 Å². The zero-order chi connectivity index (χ0) is 44.1. The fourth-order valence-corrected chi connectivity index (χ4v) is 9.23. The van der Waals surface area contributed by atoms with Crippen LogP contribution in [0.15, 0.2) is 48.5 Å². The quantitative estimate of drug-likeness (QED) is 0.0992. The lowest BCUT2D eigenvalue weighted by molar-refractivity contribution is -0.0141. The summed E-state index contributed by atoms with van der Waals surface area (Å²) in [6, 6.07) is 15.7. The highest BCUT2D eigenvalue weighted by Crippen LogP contribution is 2.32. The maximum absolute atomic E-state index is 10.4. The van der Waals surface area contributed by atoms with E-state index in [1.54, 1.807) is 0 Å². The van der Waals surface area contributed by atoms with Gasteiger partial charge in [-0.1, -0.05) is 12.1 Å². The van der Waals surface area contributed by atoms with E-state index in [-0.39, 0.29) is 5.28 Å². The van der Waals surface area contributed by atoms with Gasteiger partial charge in [-0.2, -0.15) is 9.97 Å². The van der Waals surface area contributed by atoms with Gasteiger partial charge in [0.15, 0.2) is 11.6 Å². The molecule has 4 aliphatic heterocycles. The molecule has 0 unspecified atom stereocenters. The third-order valence-electron chi connectivity index (χ3n) is 12.9. The van der Waals surface area contributed by atoms with Crippen molar-refractivity contribution in [3.63, 3.8) is 0 Å². The number of aromatic nitrogens is 6. The van der Waals surface area contributed by atoms with Gasteiger partial charge in [0.05, 0.1) is 71.4 Å². The fourth-order valence-electron chi connectivity index (χ4n) is 9.06. The van der Waals surface area contributed by atoms with Gasteiger partial charge in [-0.15, -0.1) is 0 Å². The number of pyridine rings is 2. The zero-order valence-electron chi connectivity index (χ0n) is 37.1. The summed E-state index contributed by atoms with van der Waals surface area (Å²) in [5, 5.41) is 24.1. The van der Waals surface area contributed by atoms with Gasteiger partial charge in [0.1, 0.15) is 11.0 Å². The van der Waals surface area contributed by atoms with Gasteiger partial charge in [-0.3, -0.25) is 9.80 Å². The van der Waals surface area contributed by atoms with Crippen LogP contribution >= 0.6 is 11.6 Å². The molecule has 17 heteroatoms. The Kier molecular flexibility index (Phi) is 14.1. The number of morpholine rings is 2. The molecule has 0 atom stereocenters. The highest BCUT2D eigenvalue weighted by molar-refractivity contribution is 6.28. The Morgan fingerprint density at radius 3 is 1.56 bits per heavy atom. The lowest BCUT2D eigenvalue weighted by atomic mass is 9.83. The second-order valence-corrected chi connectivity index (χ2v) is 18.7. The number of hydrogen-bond donors (Lipinski definition) is 4. The van der Waals surface area contributed by atoms with Gasteiger partial charge in [0.2, 0.25) is 11.2 Å². The molecular weight excluding hydrogens is 820 g/mol. The summed E-state index contributed by atoms with van der Waals surface area (Å²) in [4.78, 5) is 37.6. The average Bonchev–Trinajstić information content (AvgIpc) is 3.27. The number of anilines is 5. The minimum absolute atomic E-state index is 0.247. The first-order chi connectivity index (χ1) is 30.3. The Morgan fingerprint density at radius 2 is 1.08 bits per heavy atom. The van der Waals surface area contributed by atoms with Crippen LogP contribution < -0.4 is 20.9 Å². The molecule has 4 aliphatic rings. The zero-order valence-corrected chi connectivity index (χ0v) is 37.9. The SMILES string of the molecule is CC(C)(O)C1CCN(Cc2ccc3nc(Cl)nc(N4CCOCC4)c3n2)CC1.CC(C)(O)C1CCN(Cc2ccc3nc(Nc4ccccc4N)nc(N4CCOCC4)c3n2)CC1. The van der Waals surface area contributed by atoms with Crippen molar-refractivity contribution in [2.24, 2.45) is 11.8 Å². The maximum Gasteiger partial charge on any atom is 0.229 e. The largest absolute Gasteiger partial charge is 0.397 e. The number of ether oxygens (including phenoxy) is 2. The molecule has 4 fully saturated rings. The first-order valence-electron chi connectivity index (χ1n) is 22.4. The minimum Gasteiger partial charge on any atom is -0.397 e. The van der Waals surface area contributed by atoms with Crippen LogP contribution in [0.3, 0.4) is 0 Å². The highest BCUT2D eigenvalue weighted by Gasteiger charge is 2.32. The maximum atomic E-state index is 10.4. The van der Waals surface area contributed by atoms with Crippen LogP contribution in [-0.4, -0.2) is 140 Å². The molecule has 0 bridgehead atoms. The molecule has 0 aliphatic carbocycles. The predicted octanol–water partition coefficient (Wildman–Crippen LogP) is 5.67. The molecule has 4 saturated heterocycles. The van der Waals surface area contributed by atoms with Crippen molar-refractivity contribution in [3.05, 3.63) is 65.2 Å². The molecule has 8 heterocycles. The Hall–Kier alpha value is -4.55. The lowest BCUT2D eigenvalue weighted by Crippen LogP contribution is -2.41. The molecule has 0 radical (unpaired) electrons. The third kappa shape index (κ3) is 11.4. The third-order valence-corrected chi connectivity index (χ3v) is 13.1. The van der Waals surface area contributed by atoms with Crippen LogP contribution in [0.2, 0.25) is 5.28 Å². The Labute approximate surface area is 375 Å². The van der Waals surface area contributed by atoms with Gasteiger partial charge >= 0.3 is 0 Å². The monoisotopic (exact) mass is 882 g/mol. The molecule has 16 nitrogen and oxygen atoms in total. The van der Waals surface area contributed by atoms with Crippen molar-refractivity contribution >= 4 is 62.6 Å².